The molecule has 1 saturated heterocycles. The van der Waals surface area contributed by atoms with Gasteiger partial charge in [-0.2, -0.15) is 0 Å². The van der Waals surface area contributed by atoms with E-state index in [4.69, 9.17) is 0 Å². The van der Waals surface area contributed by atoms with Crippen LogP contribution in [0, 0.1) is 23.1 Å². The molecule has 1 aliphatic heterocycles. The molecule has 172 valence electrons. The molecule has 0 unspecified atom stereocenters. The number of likely N-dealkylation sites (tertiary alicyclic amines) is 1. The summed E-state index contributed by atoms with van der Waals surface area (Å²) in [7, 11) is 0. The molecular weight excluding hydrogens is 423 g/mol. The number of nitrogens with zero attached hydrogens (tertiary/aromatic N) is 1. The van der Waals surface area contributed by atoms with Gasteiger partial charge in [-0.15, -0.1) is 11.3 Å². The highest BCUT2D eigenvalue weighted by atomic mass is 32.1. The van der Waals surface area contributed by atoms with Gasteiger partial charge in [-0.3, -0.25) is 9.59 Å². The molecule has 32 heavy (non-hydrogen) atoms. The van der Waals surface area contributed by atoms with Crippen molar-refractivity contribution in [2.45, 2.75) is 59.8 Å². The van der Waals surface area contributed by atoms with E-state index in [-0.39, 0.29) is 16.9 Å². The van der Waals surface area contributed by atoms with Crippen LogP contribution in [0.15, 0.2) is 24.3 Å². The van der Waals surface area contributed by atoms with Crippen LogP contribution in [0.5, 0.6) is 0 Å². The smallest absolute Gasteiger partial charge is 0.259 e. The van der Waals surface area contributed by atoms with E-state index in [1.165, 1.54) is 28.3 Å². The van der Waals surface area contributed by atoms with Crippen LogP contribution in [-0.4, -0.2) is 29.8 Å². The van der Waals surface area contributed by atoms with Crippen LogP contribution >= 0.6 is 11.3 Å². The van der Waals surface area contributed by atoms with E-state index in [2.05, 4.69) is 33.0 Å². The second-order valence-corrected chi connectivity index (χ2v) is 11.6. The average molecular weight is 457 g/mol. The number of amides is 2. The highest BCUT2D eigenvalue weighted by Gasteiger charge is 2.36. The molecule has 1 aliphatic carbocycles. The summed E-state index contributed by atoms with van der Waals surface area (Å²) in [5, 5.41) is 3.47. The zero-order valence-electron chi connectivity index (χ0n) is 19.5. The van der Waals surface area contributed by atoms with E-state index in [1.54, 1.807) is 12.1 Å². The van der Waals surface area contributed by atoms with Gasteiger partial charge in [0.15, 0.2) is 0 Å². The molecule has 2 aliphatic rings. The number of anilines is 1. The average Bonchev–Trinajstić information content (AvgIpc) is 3.09. The van der Waals surface area contributed by atoms with Crippen LogP contribution in [0.1, 0.15) is 78.1 Å². The lowest BCUT2D eigenvalue weighted by Crippen LogP contribution is -2.39. The number of thiophene rings is 1. The van der Waals surface area contributed by atoms with Crippen molar-refractivity contribution in [2.75, 3.05) is 18.4 Å². The molecule has 4 rings (SSSR count). The molecule has 2 amide bonds. The van der Waals surface area contributed by atoms with E-state index >= 15 is 0 Å². The molecule has 2 atom stereocenters. The van der Waals surface area contributed by atoms with E-state index in [9.17, 15) is 14.0 Å². The molecule has 0 bridgehead atoms. The summed E-state index contributed by atoms with van der Waals surface area (Å²) in [6, 6.07) is 5.97. The maximum atomic E-state index is 14.2. The molecular formula is C26H33FN2O2S. The van der Waals surface area contributed by atoms with Crippen molar-refractivity contribution in [3.8, 4) is 0 Å². The lowest BCUT2D eigenvalue weighted by Gasteiger charge is -2.34. The third-order valence-corrected chi connectivity index (χ3v) is 8.16. The van der Waals surface area contributed by atoms with Crippen molar-refractivity contribution in [3.63, 3.8) is 0 Å². The molecule has 0 saturated carbocycles. The van der Waals surface area contributed by atoms with Gasteiger partial charge in [0.25, 0.3) is 11.8 Å². The Morgan fingerprint density at radius 3 is 2.62 bits per heavy atom. The summed E-state index contributed by atoms with van der Waals surface area (Å²) in [5.74, 6) is -0.0512. The topological polar surface area (TPSA) is 49.4 Å². The number of hydrogen-bond donors (Lipinski definition) is 1. The maximum absolute atomic E-state index is 14.2. The van der Waals surface area contributed by atoms with Crippen molar-refractivity contribution >= 4 is 28.2 Å². The van der Waals surface area contributed by atoms with Crippen LogP contribution < -0.4 is 5.32 Å². The predicted octanol–water partition coefficient (Wildman–Crippen LogP) is 6.16. The van der Waals surface area contributed by atoms with Crippen molar-refractivity contribution in [1.82, 2.24) is 4.90 Å². The lowest BCUT2D eigenvalue weighted by atomic mass is 9.72. The Hall–Kier alpha value is -2.21. The van der Waals surface area contributed by atoms with E-state index in [0.717, 1.165) is 50.8 Å². The minimum absolute atomic E-state index is 0.00330. The fraction of sp³-hybridized carbons (Fsp3) is 0.538. The van der Waals surface area contributed by atoms with E-state index in [1.807, 2.05) is 4.90 Å². The van der Waals surface area contributed by atoms with Crippen LogP contribution in [-0.2, 0) is 12.8 Å². The van der Waals surface area contributed by atoms with Gasteiger partial charge in [0.1, 0.15) is 10.8 Å². The Kier molecular flexibility index (Phi) is 6.44. The molecule has 6 heteroatoms. The minimum Gasteiger partial charge on any atom is -0.338 e. The molecule has 1 N–H and O–H groups in total. The van der Waals surface area contributed by atoms with Crippen molar-refractivity contribution in [1.29, 1.82) is 0 Å². The number of rotatable bonds is 3. The fourth-order valence-electron chi connectivity index (χ4n) is 4.99. The summed E-state index contributed by atoms with van der Waals surface area (Å²) in [6.07, 6.45) is 4.92. The largest absolute Gasteiger partial charge is 0.338 e. The highest BCUT2D eigenvalue weighted by Crippen LogP contribution is 2.45. The maximum Gasteiger partial charge on any atom is 0.259 e. The van der Waals surface area contributed by atoms with Crippen LogP contribution in [0.2, 0.25) is 0 Å². The van der Waals surface area contributed by atoms with E-state index in [0.29, 0.717) is 22.4 Å². The molecule has 2 aromatic rings. The van der Waals surface area contributed by atoms with Crippen LogP contribution in [0.4, 0.5) is 9.39 Å². The third-order valence-electron chi connectivity index (χ3n) is 6.99. The second kappa shape index (κ2) is 8.97. The predicted molar refractivity (Wildman–Crippen MR) is 128 cm³/mol. The highest BCUT2D eigenvalue weighted by molar-refractivity contribution is 7.17. The van der Waals surface area contributed by atoms with Gasteiger partial charge >= 0.3 is 0 Å². The Morgan fingerprint density at radius 2 is 1.94 bits per heavy atom. The van der Waals surface area contributed by atoms with Crippen molar-refractivity contribution in [3.05, 3.63) is 51.7 Å². The fourth-order valence-corrected chi connectivity index (χ4v) is 6.30. The first-order valence-corrected chi connectivity index (χ1v) is 12.5. The first kappa shape index (κ1) is 23.0. The zero-order valence-corrected chi connectivity index (χ0v) is 20.3. The molecule has 1 aromatic heterocycles. The van der Waals surface area contributed by atoms with Crippen LogP contribution in [0.25, 0.3) is 0 Å². The summed E-state index contributed by atoms with van der Waals surface area (Å²) < 4.78 is 14.2. The van der Waals surface area contributed by atoms with Gasteiger partial charge in [-0.1, -0.05) is 39.8 Å². The molecule has 0 radical (unpaired) electrons. The molecule has 4 nitrogen and oxygen atoms in total. The summed E-state index contributed by atoms with van der Waals surface area (Å²) in [5.41, 5.74) is 1.90. The standard InChI is InChI=1S/C26H33FN2O2S/c1-16-8-7-13-29(15-16)25(31)22-19-12-11-17(26(2,3)4)14-21(19)32-24(22)28-23(30)18-9-5-6-10-20(18)27/h5-6,9-10,16-17H,7-8,11-15H2,1-4H3,(H,28,30)/t16-,17-/m0/s1. The Labute approximate surface area is 194 Å². The SMILES string of the molecule is C[C@H]1CCCN(C(=O)c2c(NC(=O)c3ccccc3F)sc3c2CC[C@H](C(C)(C)C)C3)C1. The lowest BCUT2D eigenvalue weighted by molar-refractivity contribution is 0.0683. The number of piperidine rings is 1. The quantitative estimate of drug-likeness (QED) is 0.601. The summed E-state index contributed by atoms with van der Waals surface area (Å²) in [6.45, 7) is 10.5. The summed E-state index contributed by atoms with van der Waals surface area (Å²) >= 11 is 1.50. The number of carbonyl (C=O) groups is 2. The number of carbonyl (C=O) groups excluding carboxylic acids is 2. The third kappa shape index (κ3) is 4.61. The van der Waals surface area contributed by atoms with Gasteiger partial charge in [0, 0.05) is 18.0 Å². The Bertz CT molecular complexity index is 1020. The number of benzene rings is 1. The van der Waals surface area contributed by atoms with Gasteiger partial charge in [0.2, 0.25) is 0 Å². The molecule has 1 aromatic carbocycles. The molecule has 0 spiro atoms. The van der Waals surface area contributed by atoms with Gasteiger partial charge in [-0.05, 0) is 67.1 Å². The van der Waals surface area contributed by atoms with Crippen molar-refractivity contribution < 1.29 is 14.0 Å². The second-order valence-electron chi connectivity index (χ2n) is 10.4. The van der Waals surface area contributed by atoms with E-state index < -0.39 is 11.7 Å². The summed E-state index contributed by atoms with van der Waals surface area (Å²) in [4.78, 5) is 29.7. The molecule has 2 heterocycles. The number of fused-ring (bicyclic) bond motifs is 1. The minimum atomic E-state index is -0.558. The first-order valence-electron chi connectivity index (χ1n) is 11.6. The zero-order chi connectivity index (χ0) is 23.0. The number of halogens is 1. The normalized spacial score (nSPS) is 21.2. The first-order chi connectivity index (χ1) is 15.1. The van der Waals surface area contributed by atoms with Gasteiger partial charge in [-0.25, -0.2) is 4.39 Å². The monoisotopic (exact) mass is 456 g/mol. The van der Waals surface area contributed by atoms with Gasteiger partial charge in [0.05, 0.1) is 11.1 Å². The van der Waals surface area contributed by atoms with Crippen LogP contribution in [0.3, 0.4) is 0 Å². The number of hydrogen-bond acceptors (Lipinski definition) is 3. The Balaban J connectivity index is 1.70. The Morgan fingerprint density at radius 1 is 1.19 bits per heavy atom. The van der Waals surface area contributed by atoms with Gasteiger partial charge < -0.3 is 10.2 Å². The number of nitrogens with one attached hydrogen (secondary N) is 1. The van der Waals surface area contributed by atoms with Crippen molar-refractivity contribution in [2.24, 2.45) is 17.3 Å². The molecule has 1 fully saturated rings.